The zero-order valence-electron chi connectivity index (χ0n) is 9.67. The van der Waals surface area contributed by atoms with E-state index in [-0.39, 0.29) is 6.42 Å². The summed E-state index contributed by atoms with van der Waals surface area (Å²) in [6.45, 7) is 0.925. The lowest BCUT2D eigenvalue weighted by atomic mass is 10.2. The van der Waals surface area contributed by atoms with Gasteiger partial charge in [0.05, 0.1) is 11.7 Å². The Morgan fingerprint density at radius 2 is 2.18 bits per heavy atom. The van der Waals surface area contributed by atoms with E-state index in [1.54, 1.807) is 6.20 Å². The molecule has 0 bridgehead atoms. The largest absolute Gasteiger partial charge is 0.481 e. The summed E-state index contributed by atoms with van der Waals surface area (Å²) in [6, 6.07) is 4.07. The molecule has 2 aromatic heterocycles. The number of carboxylic acids is 1. The van der Waals surface area contributed by atoms with Gasteiger partial charge in [-0.3, -0.25) is 9.78 Å². The highest BCUT2D eigenvalue weighted by Crippen LogP contribution is 2.14. The predicted molar refractivity (Wildman–Crippen MR) is 65.8 cm³/mol. The lowest BCUT2D eigenvalue weighted by molar-refractivity contribution is -0.137. The Labute approximate surface area is 99.9 Å². The van der Waals surface area contributed by atoms with Crippen molar-refractivity contribution in [2.45, 2.75) is 32.2 Å². The molecule has 0 aliphatic heterocycles. The third-order valence-electron chi connectivity index (χ3n) is 2.87. The van der Waals surface area contributed by atoms with Crippen LogP contribution in [0.2, 0.25) is 0 Å². The zero-order chi connectivity index (χ0) is 12.1. The molecule has 0 unspecified atom stereocenters. The lowest BCUT2D eigenvalue weighted by Gasteiger charge is -2.04. The van der Waals surface area contributed by atoms with E-state index >= 15 is 0 Å². The van der Waals surface area contributed by atoms with Crippen LogP contribution in [0, 0.1) is 0 Å². The second-order valence-corrected chi connectivity index (χ2v) is 4.15. The topological polar surface area (TPSA) is 55.1 Å². The summed E-state index contributed by atoms with van der Waals surface area (Å²) in [5.41, 5.74) is 1.14. The number of nitrogens with zero attached hydrogens (tertiary/aromatic N) is 2. The van der Waals surface area contributed by atoms with E-state index in [1.807, 2.05) is 12.3 Å². The minimum Gasteiger partial charge on any atom is -0.481 e. The molecule has 2 rings (SSSR count). The smallest absolute Gasteiger partial charge is 0.303 e. The molecule has 0 aliphatic rings. The second kappa shape index (κ2) is 5.48. The van der Waals surface area contributed by atoms with Gasteiger partial charge < -0.3 is 9.67 Å². The summed E-state index contributed by atoms with van der Waals surface area (Å²) in [6.07, 6.45) is 8.70. The number of carbonyl (C=O) groups is 1. The maximum Gasteiger partial charge on any atom is 0.303 e. The van der Waals surface area contributed by atoms with Crippen molar-refractivity contribution >= 4 is 16.9 Å². The first-order valence-electron chi connectivity index (χ1n) is 5.88. The van der Waals surface area contributed by atoms with E-state index < -0.39 is 5.97 Å². The van der Waals surface area contributed by atoms with Gasteiger partial charge in [-0.15, -0.1) is 0 Å². The van der Waals surface area contributed by atoms with Gasteiger partial charge in [-0.1, -0.05) is 6.42 Å². The number of hydrogen-bond donors (Lipinski definition) is 1. The van der Waals surface area contributed by atoms with Gasteiger partial charge in [0.2, 0.25) is 0 Å². The van der Waals surface area contributed by atoms with E-state index in [2.05, 4.69) is 21.8 Å². The van der Waals surface area contributed by atoms with Crippen LogP contribution in [0.5, 0.6) is 0 Å². The summed E-state index contributed by atoms with van der Waals surface area (Å²) >= 11 is 0. The standard InChI is InChI=1S/C13H16N2O2/c16-13(17)4-2-1-3-8-15-9-6-11-5-7-14-10-12(11)15/h5-7,9-10H,1-4,8H2,(H,16,17). The highest BCUT2D eigenvalue weighted by atomic mass is 16.4. The summed E-state index contributed by atoms with van der Waals surface area (Å²) in [5.74, 6) is -0.708. The Balaban J connectivity index is 1.85. The summed E-state index contributed by atoms with van der Waals surface area (Å²) in [7, 11) is 0. The fourth-order valence-electron chi connectivity index (χ4n) is 1.96. The van der Waals surface area contributed by atoms with Gasteiger partial charge in [-0.25, -0.2) is 0 Å². The van der Waals surface area contributed by atoms with Crippen molar-refractivity contribution in [1.29, 1.82) is 0 Å². The quantitative estimate of drug-likeness (QED) is 0.779. The first kappa shape index (κ1) is 11.6. The number of unbranched alkanes of at least 4 members (excludes halogenated alkanes) is 2. The van der Waals surface area contributed by atoms with Crippen LogP contribution in [0.1, 0.15) is 25.7 Å². The SMILES string of the molecule is O=C(O)CCCCCn1ccc2ccncc21. The third-order valence-corrected chi connectivity index (χ3v) is 2.87. The van der Waals surface area contributed by atoms with Gasteiger partial charge in [0.15, 0.2) is 0 Å². The normalized spacial score (nSPS) is 10.8. The molecule has 0 amide bonds. The van der Waals surface area contributed by atoms with Crippen LogP contribution in [0.3, 0.4) is 0 Å². The third kappa shape index (κ3) is 3.06. The van der Waals surface area contributed by atoms with Crippen molar-refractivity contribution < 1.29 is 9.90 Å². The van der Waals surface area contributed by atoms with Crippen LogP contribution in [0.4, 0.5) is 0 Å². The Bertz CT molecular complexity index is 505. The van der Waals surface area contributed by atoms with E-state index in [1.165, 1.54) is 5.39 Å². The molecule has 90 valence electrons. The van der Waals surface area contributed by atoms with Gasteiger partial charge in [0.25, 0.3) is 0 Å². The second-order valence-electron chi connectivity index (χ2n) is 4.15. The van der Waals surface area contributed by atoms with Gasteiger partial charge in [0.1, 0.15) is 0 Å². The van der Waals surface area contributed by atoms with Crippen molar-refractivity contribution in [2.24, 2.45) is 0 Å². The van der Waals surface area contributed by atoms with Crippen LogP contribution in [-0.2, 0) is 11.3 Å². The molecule has 0 spiro atoms. The Morgan fingerprint density at radius 3 is 3.00 bits per heavy atom. The Hall–Kier alpha value is -1.84. The molecule has 0 aromatic carbocycles. The van der Waals surface area contributed by atoms with Gasteiger partial charge in [0, 0.05) is 30.7 Å². The van der Waals surface area contributed by atoms with E-state index in [4.69, 9.17) is 5.11 Å². The van der Waals surface area contributed by atoms with E-state index in [9.17, 15) is 4.79 Å². The van der Waals surface area contributed by atoms with E-state index in [0.717, 1.165) is 31.3 Å². The highest BCUT2D eigenvalue weighted by Gasteiger charge is 2.00. The fourth-order valence-corrected chi connectivity index (χ4v) is 1.96. The van der Waals surface area contributed by atoms with Crippen LogP contribution < -0.4 is 0 Å². The number of aliphatic carboxylic acids is 1. The predicted octanol–water partition coefficient (Wildman–Crippen LogP) is 2.68. The van der Waals surface area contributed by atoms with Crippen LogP contribution in [0.15, 0.2) is 30.7 Å². The van der Waals surface area contributed by atoms with E-state index in [0.29, 0.717) is 0 Å². The van der Waals surface area contributed by atoms with Crippen molar-refractivity contribution in [3.05, 3.63) is 30.7 Å². The molecular weight excluding hydrogens is 216 g/mol. The van der Waals surface area contributed by atoms with Crippen LogP contribution >= 0.6 is 0 Å². The minimum absolute atomic E-state index is 0.272. The monoisotopic (exact) mass is 232 g/mol. The summed E-state index contributed by atoms with van der Waals surface area (Å²) in [4.78, 5) is 14.5. The number of pyridine rings is 1. The molecule has 0 radical (unpaired) electrons. The molecule has 4 heteroatoms. The average Bonchev–Trinajstić information content (AvgIpc) is 2.72. The van der Waals surface area contributed by atoms with Gasteiger partial charge >= 0.3 is 5.97 Å². The van der Waals surface area contributed by atoms with Crippen molar-refractivity contribution in [3.63, 3.8) is 0 Å². The summed E-state index contributed by atoms with van der Waals surface area (Å²) < 4.78 is 2.17. The highest BCUT2D eigenvalue weighted by molar-refractivity contribution is 5.78. The van der Waals surface area contributed by atoms with Crippen molar-refractivity contribution in [3.8, 4) is 0 Å². The Kier molecular flexibility index (Phi) is 3.75. The molecule has 2 heterocycles. The number of carboxylic acid groups (broad SMARTS) is 1. The molecule has 4 nitrogen and oxygen atoms in total. The minimum atomic E-state index is -0.708. The molecule has 0 saturated carbocycles. The molecule has 0 saturated heterocycles. The molecule has 0 aliphatic carbocycles. The maximum absolute atomic E-state index is 10.4. The average molecular weight is 232 g/mol. The summed E-state index contributed by atoms with van der Waals surface area (Å²) in [5, 5.41) is 9.72. The number of hydrogen-bond acceptors (Lipinski definition) is 2. The van der Waals surface area contributed by atoms with Gasteiger partial charge in [-0.05, 0) is 25.0 Å². The number of aromatic nitrogens is 2. The molecule has 0 atom stereocenters. The van der Waals surface area contributed by atoms with Crippen molar-refractivity contribution in [2.75, 3.05) is 0 Å². The van der Waals surface area contributed by atoms with Crippen LogP contribution in [0.25, 0.3) is 10.9 Å². The number of rotatable bonds is 6. The molecule has 17 heavy (non-hydrogen) atoms. The molecule has 1 N–H and O–H groups in total. The van der Waals surface area contributed by atoms with Crippen LogP contribution in [-0.4, -0.2) is 20.6 Å². The zero-order valence-corrected chi connectivity index (χ0v) is 9.67. The maximum atomic E-state index is 10.4. The number of aryl methyl sites for hydroxylation is 1. The fraction of sp³-hybridized carbons (Fsp3) is 0.385. The van der Waals surface area contributed by atoms with Gasteiger partial charge in [-0.2, -0.15) is 0 Å². The number of fused-ring (bicyclic) bond motifs is 1. The lowest BCUT2D eigenvalue weighted by Crippen LogP contribution is -1.98. The molecule has 0 fully saturated rings. The molecular formula is C13H16N2O2. The first-order valence-corrected chi connectivity index (χ1v) is 5.88. The first-order chi connectivity index (χ1) is 8.27. The molecule has 2 aromatic rings. The Morgan fingerprint density at radius 1 is 1.29 bits per heavy atom. The van der Waals surface area contributed by atoms with Crippen molar-refractivity contribution in [1.82, 2.24) is 9.55 Å².